The lowest BCUT2D eigenvalue weighted by molar-refractivity contribution is -0.117. The fourth-order valence-corrected chi connectivity index (χ4v) is 3.10. The molecule has 2 aromatic rings. The standard InChI is InChI=1S/C16H18N4O3/c1-9-8-19(16(22)23)15-6-12(13-7-17-18-10(13)2)4-5-14(15)20(9)11(3)21/h4-7,9H,8H2,1-3H3,(H,17,18)(H,22,23)/t9-/m0/s1. The third-order valence-corrected chi connectivity index (χ3v) is 4.12. The molecule has 0 fully saturated rings. The number of benzene rings is 1. The van der Waals surface area contributed by atoms with Gasteiger partial charge in [0.05, 0.1) is 23.6 Å². The fourth-order valence-electron chi connectivity index (χ4n) is 3.10. The second kappa shape index (κ2) is 5.42. The van der Waals surface area contributed by atoms with Crippen molar-refractivity contribution in [3.8, 4) is 11.1 Å². The molecule has 0 saturated carbocycles. The zero-order valence-electron chi connectivity index (χ0n) is 13.2. The van der Waals surface area contributed by atoms with Gasteiger partial charge in [-0.2, -0.15) is 5.10 Å². The minimum Gasteiger partial charge on any atom is -0.465 e. The van der Waals surface area contributed by atoms with Crippen molar-refractivity contribution in [3.05, 3.63) is 30.1 Å². The van der Waals surface area contributed by atoms with E-state index in [-0.39, 0.29) is 18.5 Å². The van der Waals surface area contributed by atoms with Crippen molar-refractivity contribution in [3.63, 3.8) is 0 Å². The first-order chi connectivity index (χ1) is 10.9. The van der Waals surface area contributed by atoms with Gasteiger partial charge in [-0.1, -0.05) is 6.07 Å². The van der Waals surface area contributed by atoms with E-state index in [1.54, 1.807) is 23.2 Å². The van der Waals surface area contributed by atoms with Crippen molar-refractivity contribution in [2.24, 2.45) is 0 Å². The zero-order chi connectivity index (χ0) is 16.7. The summed E-state index contributed by atoms with van der Waals surface area (Å²) >= 11 is 0. The first-order valence-electron chi connectivity index (χ1n) is 7.34. The van der Waals surface area contributed by atoms with E-state index in [9.17, 15) is 14.7 Å². The molecule has 1 atom stereocenters. The summed E-state index contributed by atoms with van der Waals surface area (Å²) in [6, 6.07) is 5.26. The first kappa shape index (κ1) is 15.1. The van der Waals surface area contributed by atoms with Gasteiger partial charge in [-0.3, -0.25) is 14.8 Å². The topological polar surface area (TPSA) is 89.5 Å². The fraction of sp³-hybridized carbons (Fsp3) is 0.312. The number of carboxylic acid groups (broad SMARTS) is 1. The van der Waals surface area contributed by atoms with Gasteiger partial charge in [0.25, 0.3) is 0 Å². The Morgan fingerprint density at radius 1 is 1.35 bits per heavy atom. The van der Waals surface area contributed by atoms with Crippen LogP contribution >= 0.6 is 0 Å². The molecule has 0 bridgehead atoms. The van der Waals surface area contributed by atoms with E-state index in [2.05, 4.69) is 10.2 Å². The highest BCUT2D eigenvalue weighted by molar-refractivity contribution is 6.02. The summed E-state index contributed by atoms with van der Waals surface area (Å²) in [5.41, 5.74) is 3.80. The molecule has 3 rings (SSSR count). The average Bonchev–Trinajstić information content (AvgIpc) is 2.91. The largest absolute Gasteiger partial charge is 0.465 e. The van der Waals surface area contributed by atoms with Crippen LogP contribution in [0.1, 0.15) is 19.5 Å². The summed E-state index contributed by atoms with van der Waals surface area (Å²) in [5, 5.41) is 16.4. The van der Waals surface area contributed by atoms with Crippen LogP contribution in [0.25, 0.3) is 11.1 Å². The summed E-state index contributed by atoms with van der Waals surface area (Å²) in [4.78, 5) is 26.5. The minimum absolute atomic E-state index is 0.101. The third kappa shape index (κ3) is 2.44. The predicted octanol–water partition coefficient (Wildman–Crippen LogP) is 2.62. The van der Waals surface area contributed by atoms with Crippen molar-refractivity contribution in [1.29, 1.82) is 0 Å². The highest BCUT2D eigenvalue weighted by Gasteiger charge is 2.33. The molecule has 7 nitrogen and oxygen atoms in total. The first-order valence-corrected chi connectivity index (χ1v) is 7.34. The van der Waals surface area contributed by atoms with E-state index >= 15 is 0 Å². The number of amides is 2. The quantitative estimate of drug-likeness (QED) is 0.846. The lowest BCUT2D eigenvalue weighted by Gasteiger charge is -2.39. The molecule has 2 amide bonds. The van der Waals surface area contributed by atoms with Gasteiger partial charge in [0, 0.05) is 24.7 Å². The van der Waals surface area contributed by atoms with Crippen LogP contribution in [0.5, 0.6) is 0 Å². The molecule has 23 heavy (non-hydrogen) atoms. The molecule has 0 saturated heterocycles. The summed E-state index contributed by atoms with van der Waals surface area (Å²) in [6.45, 7) is 5.48. The smallest absolute Gasteiger partial charge is 0.411 e. The van der Waals surface area contributed by atoms with Gasteiger partial charge in [0.2, 0.25) is 5.91 Å². The maximum atomic E-state index is 12.0. The second-order valence-electron chi connectivity index (χ2n) is 5.74. The molecule has 1 aliphatic heterocycles. The van der Waals surface area contributed by atoms with Crippen molar-refractivity contribution < 1.29 is 14.7 Å². The SMILES string of the molecule is CC(=O)N1c2ccc(-c3cn[nH]c3C)cc2N(C(=O)O)C[C@@H]1C. The van der Waals surface area contributed by atoms with Crippen LogP contribution in [0, 0.1) is 6.92 Å². The number of H-pyrrole nitrogens is 1. The number of hydrogen-bond acceptors (Lipinski definition) is 3. The van der Waals surface area contributed by atoms with Crippen molar-refractivity contribution in [2.75, 3.05) is 16.3 Å². The molecular formula is C16H18N4O3. The molecular weight excluding hydrogens is 296 g/mol. The number of rotatable bonds is 1. The van der Waals surface area contributed by atoms with Crippen molar-refractivity contribution in [1.82, 2.24) is 10.2 Å². The van der Waals surface area contributed by atoms with E-state index in [1.165, 1.54) is 11.8 Å². The van der Waals surface area contributed by atoms with Gasteiger partial charge in [0.1, 0.15) is 0 Å². The number of nitrogens with zero attached hydrogens (tertiary/aromatic N) is 3. The van der Waals surface area contributed by atoms with Crippen LogP contribution in [0.4, 0.5) is 16.2 Å². The number of carbonyl (C=O) groups excluding carboxylic acids is 1. The van der Waals surface area contributed by atoms with Gasteiger partial charge < -0.3 is 10.0 Å². The number of hydrogen-bond donors (Lipinski definition) is 2. The number of anilines is 2. The highest BCUT2D eigenvalue weighted by atomic mass is 16.4. The Balaban J connectivity index is 2.17. The lowest BCUT2D eigenvalue weighted by atomic mass is 10.0. The van der Waals surface area contributed by atoms with Gasteiger partial charge in [0.15, 0.2) is 0 Å². The van der Waals surface area contributed by atoms with E-state index in [0.29, 0.717) is 11.4 Å². The molecule has 1 aliphatic rings. The molecule has 1 aromatic carbocycles. The lowest BCUT2D eigenvalue weighted by Crippen LogP contribution is -2.51. The highest BCUT2D eigenvalue weighted by Crippen LogP contribution is 2.39. The average molecular weight is 314 g/mol. The number of aromatic nitrogens is 2. The van der Waals surface area contributed by atoms with Gasteiger partial charge in [-0.15, -0.1) is 0 Å². The van der Waals surface area contributed by atoms with Gasteiger partial charge in [-0.25, -0.2) is 4.79 Å². The number of nitrogens with one attached hydrogen (secondary N) is 1. The monoisotopic (exact) mass is 314 g/mol. The van der Waals surface area contributed by atoms with Crippen LogP contribution in [0.2, 0.25) is 0 Å². The van der Waals surface area contributed by atoms with Crippen LogP contribution < -0.4 is 9.80 Å². The van der Waals surface area contributed by atoms with E-state index in [4.69, 9.17) is 0 Å². The number of aryl methyl sites for hydroxylation is 1. The Morgan fingerprint density at radius 2 is 2.09 bits per heavy atom. The summed E-state index contributed by atoms with van der Waals surface area (Å²) in [6.07, 6.45) is 0.679. The van der Waals surface area contributed by atoms with Gasteiger partial charge >= 0.3 is 6.09 Å². The van der Waals surface area contributed by atoms with Crippen LogP contribution in [0.3, 0.4) is 0 Å². The Bertz CT molecular complexity index is 783. The molecule has 0 unspecified atom stereocenters. The predicted molar refractivity (Wildman–Crippen MR) is 86.8 cm³/mol. The Kier molecular flexibility index (Phi) is 3.55. The second-order valence-corrected chi connectivity index (χ2v) is 5.74. The summed E-state index contributed by atoms with van der Waals surface area (Å²) in [7, 11) is 0. The zero-order valence-corrected chi connectivity index (χ0v) is 13.2. The molecule has 0 spiro atoms. The van der Waals surface area contributed by atoms with Crippen LogP contribution in [-0.4, -0.2) is 39.9 Å². The Hall–Kier alpha value is -2.83. The molecule has 120 valence electrons. The molecule has 7 heteroatoms. The van der Waals surface area contributed by atoms with E-state index in [0.717, 1.165) is 16.8 Å². The van der Waals surface area contributed by atoms with Crippen molar-refractivity contribution >= 4 is 23.4 Å². The minimum atomic E-state index is -1.03. The maximum absolute atomic E-state index is 12.0. The molecule has 0 aliphatic carbocycles. The number of aromatic amines is 1. The normalized spacial score (nSPS) is 17.1. The molecule has 0 radical (unpaired) electrons. The Morgan fingerprint density at radius 3 is 2.65 bits per heavy atom. The van der Waals surface area contributed by atoms with Crippen LogP contribution in [0.15, 0.2) is 24.4 Å². The molecule has 2 N–H and O–H groups in total. The van der Waals surface area contributed by atoms with Crippen LogP contribution in [-0.2, 0) is 4.79 Å². The summed E-state index contributed by atoms with van der Waals surface area (Å²) in [5.74, 6) is -0.101. The van der Waals surface area contributed by atoms with Gasteiger partial charge in [-0.05, 0) is 31.5 Å². The van der Waals surface area contributed by atoms with E-state index in [1.807, 2.05) is 19.9 Å². The maximum Gasteiger partial charge on any atom is 0.411 e. The van der Waals surface area contributed by atoms with Crippen molar-refractivity contribution in [2.45, 2.75) is 26.8 Å². The Labute approximate surface area is 133 Å². The molecule has 2 heterocycles. The molecule has 1 aromatic heterocycles. The number of carbonyl (C=O) groups is 2. The third-order valence-electron chi connectivity index (χ3n) is 4.12. The summed E-state index contributed by atoms with van der Waals surface area (Å²) < 4.78 is 0. The number of fused-ring (bicyclic) bond motifs is 1. The van der Waals surface area contributed by atoms with E-state index < -0.39 is 6.09 Å².